The van der Waals surface area contributed by atoms with Gasteiger partial charge >= 0.3 is 0 Å². The molecule has 1 aliphatic carbocycles. The van der Waals surface area contributed by atoms with Gasteiger partial charge in [0.1, 0.15) is 0 Å². The second-order valence-electron chi connectivity index (χ2n) is 5.25. The molecule has 1 aromatic rings. The van der Waals surface area contributed by atoms with E-state index in [1.54, 1.807) is 11.1 Å². The van der Waals surface area contributed by atoms with E-state index in [0.717, 1.165) is 10.7 Å². The van der Waals surface area contributed by atoms with Crippen LogP contribution in [0.1, 0.15) is 36.5 Å². The minimum Gasteiger partial charge on any atom is -0.0922 e. The van der Waals surface area contributed by atoms with E-state index in [-0.39, 0.29) is 0 Å². The maximum absolute atomic E-state index is 3.68. The van der Waals surface area contributed by atoms with Gasteiger partial charge in [-0.1, -0.05) is 57.0 Å². The quantitative estimate of drug-likeness (QED) is 0.655. The molecule has 0 aliphatic heterocycles. The van der Waals surface area contributed by atoms with Crippen molar-refractivity contribution in [1.82, 2.24) is 0 Å². The Morgan fingerprint density at radius 1 is 1.12 bits per heavy atom. The fraction of sp³-hybridized carbons (Fsp3) is 0.600. The third-order valence-corrected chi connectivity index (χ3v) is 6.44. The summed E-state index contributed by atoms with van der Waals surface area (Å²) < 4.78 is 0. The molecule has 0 nitrogen and oxygen atoms in total. The maximum Gasteiger partial charge on any atom is 0.00990 e. The van der Waals surface area contributed by atoms with Crippen molar-refractivity contribution in [3.05, 3.63) is 34.9 Å². The van der Waals surface area contributed by atoms with E-state index in [0.29, 0.717) is 5.41 Å². The Morgan fingerprint density at radius 2 is 1.82 bits per heavy atom. The fourth-order valence-corrected chi connectivity index (χ4v) is 4.73. The molecule has 0 atom stereocenters. The first-order valence-corrected chi connectivity index (χ1v) is 8.70. The summed E-state index contributed by atoms with van der Waals surface area (Å²) in [6.07, 6.45) is 6.29. The standard InChI is InChI=1S/C15H20Br2/c1-2-15(10-16,11-17)9-12-6-7-13-4-3-5-14(13)8-12/h6-8H,2-5,9-11H2,1H3. The molecular weight excluding hydrogens is 340 g/mol. The number of hydrogen-bond donors (Lipinski definition) is 0. The molecule has 1 aromatic carbocycles. The van der Waals surface area contributed by atoms with E-state index in [9.17, 15) is 0 Å². The monoisotopic (exact) mass is 358 g/mol. The van der Waals surface area contributed by atoms with Crippen LogP contribution in [0.5, 0.6) is 0 Å². The van der Waals surface area contributed by atoms with E-state index in [1.807, 2.05) is 0 Å². The van der Waals surface area contributed by atoms with E-state index in [2.05, 4.69) is 57.0 Å². The average molecular weight is 360 g/mol. The Kier molecular flexibility index (Phi) is 4.71. The second-order valence-corrected chi connectivity index (χ2v) is 6.38. The average Bonchev–Trinajstić information content (AvgIpc) is 2.83. The molecule has 0 aromatic heterocycles. The summed E-state index contributed by atoms with van der Waals surface area (Å²) in [7, 11) is 0. The molecule has 0 saturated heterocycles. The van der Waals surface area contributed by atoms with E-state index in [1.165, 1.54) is 37.7 Å². The summed E-state index contributed by atoms with van der Waals surface area (Å²) in [4.78, 5) is 0. The van der Waals surface area contributed by atoms with Crippen molar-refractivity contribution >= 4 is 31.9 Å². The first-order valence-electron chi connectivity index (χ1n) is 6.45. The van der Waals surface area contributed by atoms with Gasteiger partial charge in [-0.3, -0.25) is 0 Å². The van der Waals surface area contributed by atoms with Crippen LogP contribution in [0.15, 0.2) is 18.2 Å². The number of hydrogen-bond acceptors (Lipinski definition) is 0. The molecule has 0 fully saturated rings. The lowest BCUT2D eigenvalue weighted by Gasteiger charge is -2.29. The Bertz CT molecular complexity index is 372. The molecular formula is C15H20Br2. The number of rotatable bonds is 5. The molecule has 94 valence electrons. The molecule has 2 heteroatoms. The van der Waals surface area contributed by atoms with E-state index < -0.39 is 0 Å². The van der Waals surface area contributed by atoms with Gasteiger partial charge in [-0.15, -0.1) is 0 Å². The largest absolute Gasteiger partial charge is 0.0922 e. The van der Waals surface area contributed by atoms with Gasteiger partial charge in [-0.25, -0.2) is 0 Å². The summed E-state index contributed by atoms with van der Waals surface area (Å²) in [6.45, 7) is 2.29. The predicted octanol–water partition coefficient (Wildman–Crippen LogP) is 4.90. The Hall–Kier alpha value is 0.180. The highest BCUT2D eigenvalue weighted by Gasteiger charge is 2.26. The minimum atomic E-state index is 0.368. The van der Waals surface area contributed by atoms with Crippen LogP contribution >= 0.6 is 31.9 Å². The summed E-state index contributed by atoms with van der Waals surface area (Å²) in [6, 6.07) is 7.12. The number of benzene rings is 1. The van der Waals surface area contributed by atoms with Gasteiger partial charge in [0, 0.05) is 10.7 Å². The van der Waals surface area contributed by atoms with Crippen LogP contribution in [-0.2, 0) is 19.3 Å². The van der Waals surface area contributed by atoms with Crippen LogP contribution in [0, 0.1) is 5.41 Å². The van der Waals surface area contributed by atoms with Gasteiger partial charge in [0.2, 0.25) is 0 Å². The molecule has 17 heavy (non-hydrogen) atoms. The highest BCUT2D eigenvalue weighted by molar-refractivity contribution is 9.09. The van der Waals surface area contributed by atoms with Crippen molar-refractivity contribution in [2.75, 3.05) is 10.7 Å². The van der Waals surface area contributed by atoms with Crippen LogP contribution in [-0.4, -0.2) is 10.7 Å². The fourth-order valence-electron chi connectivity index (χ4n) is 2.61. The highest BCUT2D eigenvalue weighted by atomic mass is 79.9. The summed E-state index contributed by atoms with van der Waals surface area (Å²) in [5.41, 5.74) is 5.05. The van der Waals surface area contributed by atoms with Gasteiger partial charge in [-0.2, -0.15) is 0 Å². The van der Waals surface area contributed by atoms with Crippen molar-refractivity contribution in [3.8, 4) is 0 Å². The number of halogens is 2. The van der Waals surface area contributed by atoms with Crippen LogP contribution in [0.4, 0.5) is 0 Å². The molecule has 0 N–H and O–H groups in total. The van der Waals surface area contributed by atoms with Crippen LogP contribution < -0.4 is 0 Å². The molecule has 2 rings (SSSR count). The van der Waals surface area contributed by atoms with Crippen molar-refractivity contribution < 1.29 is 0 Å². The van der Waals surface area contributed by atoms with E-state index in [4.69, 9.17) is 0 Å². The van der Waals surface area contributed by atoms with Crippen molar-refractivity contribution in [2.45, 2.75) is 39.0 Å². The normalized spacial score (nSPS) is 15.0. The smallest absolute Gasteiger partial charge is 0.00990 e. The summed E-state index contributed by atoms with van der Waals surface area (Å²) in [5, 5.41) is 2.14. The van der Waals surface area contributed by atoms with Crippen molar-refractivity contribution in [3.63, 3.8) is 0 Å². The Morgan fingerprint density at radius 3 is 2.47 bits per heavy atom. The van der Waals surface area contributed by atoms with Gasteiger partial charge in [0.15, 0.2) is 0 Å². The minimum absolute atomic E-state index is 0.368. The maximum atomic E-state index is 3.68. The molecule has 0 spiro atoms. The molecule has 0 heterocycles. The first kappa shape index (κ1) is 13.6. The Labute approximate surface area is 121 Å². The highest BCUT2D eigenvalue weighted by Crippen LogP contribution is 2.33. The first-order chi connectivity index (χ1) is 8.23. The van der Waals surface area contributed by atoms with Gasteiger partial charge in [0.05, 0.1) is 0 Å². The predicted molar refractivity (Wildman–Crippen MR) is 82.5 cm³/mol. The number of fused-ring (bicyclic) bond motifs is 1. The number of aryl methyl sites for hydroxylation is 2. The topological polar surface area (TPSA) is 0 Å². The molecule has 1 aliphatic rings. The summed E-state index contributed by atoms with van der Waals surface area (Å²) >= 11 is 7.37. The van der Waals surface area contributed by atoms with Crippen LogP contribution in [0.25, 0.3) is 0 Å². The summed E-state index contributed by atoms with van der Waals surface area (Å²) in [5.74, 6) is 0. The van der Waals surface area contributed by atoms with Crippen molar-refractivity contribution in [2.24, 2.45) is 5.41 Å². The zero-order valence-electron chi connectivity index (χ0n) is 10.4. The molecule has 0 radical (unpaired) electrons. The Balaban J connectivity index is 2.18. The van der Waals surface area contributed by atoms with Crippen LogP contribution in [0.3, 0.4) is 0 Å². The third-order valence-electron chi connectivity index (χ3n) is 4.06. The zero-order chi connectivity index (χ0) is 12.3. The van der Waals surface area contributed by atoms with Gasteiger partial charge in [0.25, 0.3) is 0 Å². The third kappa shape index (κ3) is 2.96. The van der Waals surface area contributed by atoms with E-state index >= 15 is 0 Å². The molecule has 0 amide bonds. The lowest BCUT2D eigenvalue weighted by Crippen LogP contribution is -2.26. The van der Waals surface area contributed by atoms with Gasteiger partial charge < -0.3 is 0 Å². The number of alkyl halides is 2. The van der Waals surface area contributed by atoms with Crippen LogP contribution in [0.2, 0.25) is 0 Å². The van der Waals surface area contributed by atoms with Crippen molar-refractivity contribution in [1.29, 1.82) is 0 Å². The SMILES string of the molecule is CCC(CBr)(CBr)Cc1ccc2c(c1)CCC2. The molecule has 0 unspecified atom stereocenters. The molecule has 0 bridgehead atoms. The van der Waals surface area contributed by atoms with Gasteiger partial charge in [-0.05, 0) is 54.2 Å². The molecule has 0 saturated carbocycles. The lowest BCUT2D eigenvalue weighted by molar-refractivity contribution is 0.373. The zero-order valence-corrected chi connectivity index (χ0v) is 13.6. The second kappa shape index (κ2) is 5.88. The lowest BCUT2D eigenvalue weighted by atomic mass is 9.83.